The van der Waals surface area contributed by atoms with E-state index in [0.717, 1.165) is 0 Å². The Bertz CT molecular complexity index is 151. The Balaban J connectivity index is -0.000000605. The first-order valence-corrected chi connectivity index (χ1v) is 3.55. The standard InChI is InChI=1S/C6H12F2N2O2.ClH.H2O/c7-6(8)10-4(5(11)12)2-1-3-9;;/h4,6,10H,1-3,9H2,(H,11,12);1H;1H2. The number of alkyl halides is 2. The van der Waals surface area contributed by atoms with Gasteiger partial charge in [-0.3, -0.25) is 4.79 Å². The Kier molecular flexibility index (Phi) is 14.5. The van der Waals surface area contributed by atoms with Gasteiger partial charge in [0.15, 0.2) is 0 Å². The molecule has 88 valence electrons. The first-order chi connectivity index (χ1) is 5.57. The molecule has 0 aromatic carbocycles. The molecular formula is C6H15ClF2N2O3. The van der Waals surface area contributed by atoms with Gasteiger partial charge in [-0.1, -0.05) is 0 Å². The van der Waals surface area contributed by atoms with Crippen LogP contribution in [0.25, 0.3) is 0 Å². The lowest BCUT2D eigenvalue weighted by atomic mass is 10.1. The van der Waals surface area contributed by atoms with Gasteiger partial charge < -0.3 is 16.3 Å². The van der Waals surface area contributed by atoms with Crippen molar-refractivity contribution in [1.29, 1.82) is 0 Å². The highest BCUT2D eigenvalue weighted by molar-refractivity contribution is 5.85. The van der Waals surface area contributed by atoms with Crippen LogP contribution in [-0.2, 0) is 4.79 Å². The fraction of sp³-hybridized carbons (Fsp3) is 0.833. The molecule has 0 heterocycles. The minimum atomic E-state index is -2.80. The van der Waals surface area contributed by atoms with Gasteiger partial charge in [0.05, 0.1) is 0 Å². The van der Waals surface area contributed by atoms with Gasteiger partial charge in [0.2, 0.25) is 0 Å². The van der Waals surface area contributed by atoms with Crippen LogP contribution in [0.3, 0.4) is 0 Å². The maximum atomic E-state index is 11.7. The van der Waals surface area contributed by atoms with Crippen LogP contribution in [0.4, 0.5) is 8.78 Å². The van der Waals surface area contributed by atoms with Crippen LogP contribution in [0, 0.1) is 0 Å². The van der Waals surface area contributed by atoms with Gasteiger partial charge in [-0.25, -0.2) is 5.32 Å². The number of aliphatic carboxylic acids is 1. The third kappa shape index (κ3) is 9.59. The molecule has 5 nitrogen and oxygen atoms in total. The van der Waals surface area contributed by atoms with Crippen LogP contribution in [0.15, 0.2) is 0 Å². The molecule has 1 atom stereocenters. The maximum absolute atomic E-state index is 11.7. The van der Waals surface area contributed by atoms with Crippen molar-refractivity contribution in [3.8, 4) is 0 Å². The van der Waals surface area contributed by atoms with Crippen LogP contribution in [-0.4, -0.2) is 35.7 Å². The summed E-state index contributed by atoms with van der Waals surface area (Å²) in [6.45, 7) is -2.50. The third-order valence-electron chi connectivity index (χ3n) is 1.32. The van der Waals surface area contributed by atoms with E-state index >= 15 is 0 Å². The van der Waals surface area contributed by atoms with Crippen LogP contribution in [0.5, 0.6) is 0 Å². The highest BCUT2D eigenvalue weighted by Gasteiger charge is 2.19. The number of hydrogen-bond acceptors (Lipinski definition) is 3. The van der Waals surface area contributed by atoms with Gasteiger partial charge in [0.1, 0.15) is 6.04 Å². The maximum Gasteiger partial charge on any atom is 0.320 e. The van der Waals surface area contributed by atoms with Gasteiger partial charge in [-0.05, 0) is 19.4 Å². The quantitative estimate of drug-likeness (QED) is 0.545. The molecule has 0 amide bonds. The highest BCUT2D eigenvalue weighted by atomic mass is 35.5. The van der Waals surface area contributed by atoms with Gasteiger partial charge in [0.25, 0.3) is 6.55 Å². The molecule has 0 spiro atoms. The second-order valence-corrected chi connectivity index (χ2v) is 2.29. The van der Waals surface area contributed by atoms with Crippen molar-refractivity contribution >= 4 is 18.4 Å². The fourth-order valence-electron chi connectivity index (χ4n) is 0.752. The molecule has 0 saturated heterocycles. The summed E-state index contributed by atoms with van der Waals surface area (Å²) in [4.78, 5) is 10.3. The predicted molar refractivity (Wildman–Crippen MR) is 49.7 cm³/mol. The van der Waals surface area contributed by atoms with Crippen molar-refractivity contribution in [3.63, 3.8) is 0 Å². The molecule has 0 aromatic rings. The van der Waals surface area contributed by atoms with E-state index in [2.05, 4.69) is 0 Å². The average molecular weight is 237 g/mol. The lowest BCUT2D eigenvalue weighted by molar-refractivity contribution is -0.141. The summed E-state index contributed by atoms with van der Waals surface area (Å²) in [5.41, 5.74) is 5.10. The lowest BCUT2D eigenvalue weighted by Gasteiger charge is -2.12. The predicted octanol–water partition coefficient (Wildman–Crippen LogP) is -0.412. The topological polar surface area (TPSA) is 107 Å². The zero-order valence-electron chi connectivity index (χ0n) is 7.37. The highest BCUT2D eigenvalue weighted by Crippen LogP contribution is 1.99. The molecule has 0 fully saturated rings. The number of carboxylic acid groups (broad SMARTS) is 1. The van der Waals surface area contributed by atoms with Gasteiger partial charge in [-0.2, -0.15) is 8.78 Å². The molecule has 1 unspecified atom stereocenters. The third-order valence-corrected chi connectivity index (χ3v) is 1.32. The van der Waals surface area contributed by atoms with E-state index in [1.54, 1.807) is 5.32 Å². The Hall–Kier alpha value is -0.500. The minimum absolute atomic E-state index is 0. The van der Waals surface area contributed by atoms with Crippen LogP contribution in [0.2, 0.25) is 0 Å². The largest absolute Gasteiger partial charge is 0.480 e. The van der Waals surface area contributed by atoms with Crippen LogP contribution in [0.1, 0.15) is 12.8 Å². The molecule has 0 aliphatic carbocycles. The summed E-state index contributed by atoms with van der Waals surface area (Å²) < 4.78 is 23.3. The summed E-state index contributed by atoms with van der Waals surface area (Å²) in [5, 5.41) is 10.0. The second-order valence-electron chi connectivity index (χ2n) is 2.29. The number of rotatable bonds is 6. The van der Waals surface area contributed by atoms with E-state index in [4.69, 9.17) is 10.8 Å². The van der Waals surface area contributed by atoms with E-state index in [0.29, 0.717) is 13.0 Å². The summed E-state index contributed by atoms with van der Waals surface area (Å²) in [6, 6.07) is -1.20. The minimum Gasteiger partial charge on any atom is -0.480 e. The van der Waals surface area contributed by atoms with Crippen molar-refractivity contribution in [2.45, 2.75) is 25.4 Å². The molecule has 0 aliphatic rings. The molecular weight excluding hydrogens is 222 g/mol. The van der Waals surface area contributed by atoms with Crippen molar-refractivity contribution in [3.05, 3.63) is 0 Å². The number of halogens is 3. The molecule has 8 heteroatoms. The van der Waals surface area contributed by atoms with Crippen molar-refractivity contribution in [2.24, 2.45) is 5.73 Å². The SMILES string of the molecule is Cl.NCCCC(NC(F)F)C(=O)O.O. The summed E-state index contributed by atoms with van der Waals surface area (Å²) in [5.74, 6) is -1.27. The summed E-state index contributed by atoms with van der Waals surface area (Å²) >= 11 is 0. The van der Waals surface area contributed by atoms with Crippen LogP contribution >= 0.6 is 12.4 Å². The lowest BCUT2D eigenvalue weighted by Crippen LogP contribution is -2.40. The Morgan fingerprint density at radius 3 is 2.29 bits per heavy atom. The van der Waals surface area contributed by atoms with Crippen molar-refractivity contribution < 1.29 is 24.2 Å². The fourth-order valence-corrected chi connectivity index (χ4v) is 0.752. The summed E-state index contributed by atoms with van der Waals surface area (Å²) in [7, 11) is 0. The van der Waals surface area contributed by atoms with Gasteiger partial charge >= 0.3 is 5.97 Å². The van der Waals surface area contributed by atoms with E-state index in [-0.39, 0.29) is 24.3 Å². The molecule has 0 bridgehead atoms. The zero-order chi connectivity index (χ0) is 9.56. The van der Waals surface area contributed by atoms with E-state index in [1.807, 2.05) is 0 Å². The molecule has 6 N–H and O–H groups in total. The Morgan fingerprint density at radius 1 is 1.50 bits per heavy atom. The molecule has 0 radical (unpaired) electrons. The van der Waals surface area contributed by atoms with Crippen LogP contribution < -0.4 is 11.1 Å². The molecule has 0 rings (SSSR count). The molecule has 0 aliphatic heterocycles. The average Bonchev–Trinajstić information content (AvgIpc) is 1.96. The molecule has 0 saturated carbocycles. The smallest absolute Gasteiger partial charge is 0.320 e. The van der Waals surface area contributed by atoms with E-state index in [1.165, 1.54) is 0 Å². The van der Waals surface area contributed by atoms with Crippen molar-refractivity contribution in [2.75, 3.05) is 6.54 Å². The second kappa shape index (κ2) is 10.6. The molecule has 0 aromatic heterocycles. The van der Waals surface area contributed by atoms with E-state index in [9.17, 15) is 13.6 Å². The van der Waals surface area contributed by atoms with Gasteiger partial charge in [0, 0.05) is 0 Å². The zero-order valence-corrected chi connectivity index (χ0v) is 8.19. The Morgan fingerprint density at radius 2 is 2.00 bits per heavy atom. The first-order valence-electron chi connectivity index (χ1n) is 3.55. The molecule has 14 heavy (non-hydrogen) atoms. The van der Waals surface area contributed by atoms with Gasteiger partial charge in [-0.15, -0.1) is 12.4 Å². The number of carboxylic acids is 1. The number of hydrogen-bond donors (Lipinski definition) is 3. The van der Waals surface area contributed by atoms with Crippen molar-refractivity contribution in [1.82, 2.24) is 5.32 Å². The normalized spacial score (nSPS) is 11.4. The number of nitrogens with two attached hydrogens (primary N) is 1. The number of nitrogens with one attached hydrogen (secondary N) is 1. The monoisotopic (exact) mass is 236 g/mol. The summed E-state index contributed by atoms with van der Waals surface area (Å²) in [6.07, 6.45) is 0.535. The van der Waals surface area contributed by atoms with E-state index < -0.39 is 18.6 Å². The Labute approximate surface area is 86.4 Å². The number of carbonyl (C=O) groups is 1. The first kappa shape index (κ1) is 19.1.